The number of anilines is 1. The molecule has 1 amide bonds. The fourth-order valence-electron chi connectivity index (χ4n) is 2.61. The van der Waals surface area contributed by atoms with Crippen LogP contribution in [0, 0.1) is 11.6 Å². The maximum Gasteiger partial charge on any atom is 0.264 e. The van der Waals surface area contributed by atoms with Gasteiger partial charge in [-0.25, -0.2) is 17.2 Å². The van der Waals surface area contributed by atoms with Gasteiger partial charge in [0.05, 0.1) is 10.6 Å². The Bertz CT molecular complexity index is 869. The van der Waals surface area contributed by atoms with E-state index < -0.39 is 34.1 Å². The van der Waals surface area contributed by atoms with Gasteiger partial charge in [-0.3, -0.25) is 9.10 Å². The van der Waals surface area contributed by atoms with Crippen LogP contribution in [0.2, 0.25) is 0 Å². The monoisotopic (exact) mass is 396 g/mol. The Balaban J connectivity index is 2.36. The van der Waals surface area contributed by atoms with Crippen LogP contribution in [0.25, 0.3) is 0 Å². The summed E-state index contributed by atoms with van der Waals surface area (Å²) in [5.41, 5.74) is 0.138. The van der Waals surface area contributed by atoms with Crippen LogP contribution in [0.5, 0.6) is 0 Å². The molecule has 0 radical (unpaired) electrons. The fraction of sp³-hybridized carbons (Fsp3) is 0.316. The zero-order valence-electron chi connectivity index (χ0n) is 15.2. The molecule has 0 fully saturated rings. The number of benzene rings is 2. The molecule has 0 aliphatic heterocycles. The molecule has 1 N–H and O–H groups in total. The van der Waals surface area contributed by atoms with Gasteiger partial charge in [0.1, 0.15) is 18.2 Å². The molecule has 2 rings (SSSR count). The van der Waals surface area contributed by atoms with Crippen molar-refractivity contribution in [1.29, 1.82) is 0 Å². The molecular weight excluding hydrogens is 374 g/mol. The van der Waals surface area contributed by atoms with Crippen molar-refractivity contribution in [3.8, 4) is 0 Å². The highest BCUT2D eigenvalue weighted by molar-refractivity contribution is 7.92. The van der Waals surface area contributed by atoms with Gasteiger partial charge in [-0.15, -0.1) is 0 Å². The van der Waals surface area contributed by atoms with Crippen LogP contribution < -0.4 is 9.62 Å². The zero-order chi connectivity index (χ0) is 20.0. The smallest absolute Gasteiger partial charge is 0.264 e. The van der Waals surface area contributed by atoms with Gasteiger partial charge in [-0.1, -0.05) is 13.3 Å². The molecule has 2 aromatic rings. The van der Waals surface area contributed by atoms with Crippen LogP contribution >= 0.6 is 0 Å². The lowest BCUT2D eigenvalue weighted by atomic mass is 10.2. The second kappa shape index (κ2) is 8.94. The summed E-state index contributed by atoms with van der Waals surface area (Å²) < 4.78 is 53.3. The molecule has 0 heterocycles. The Morgan fingerprint density at radius 1 is 1.04 bits per heavy atom. The summed E-state index contributed by atoms with van der Waals surface area (Å²) in [6, 6.07) is 8.97. The molecule has 5 nitrogen and oxygen atoms in total. The van der Waals surface area contributed by atoms with Gasteiger partial charge in [0.25, 0.3) is 10.0 Å². The third-order valence-electron chi connectivity index (χ3n) is 3.93. The number of carbonyl (C=O) groups excluding carboxylic acids is 1. The van der Waals surface area contributed by atoms with E-state index in [1.165, 1.54) is 12.1 Å². The number of nitrogens with one attached hydrogen (secondary N) is 1. The topological polar surface area (TPSA) is 66.5 Å². The van der Waals surface area contributed by atoms with Gasteiger partial charge in [0.2, 0.25) is 5.91 Å². The summed E-state index contributed by atoms with van der Waals surface area (Å²) >= 11 is 0. The standard InChI is InChI=1S/C19H22F2N2O3S/c1-3-4-14(2)22-19(24)13-23(17-9-5-15(20)6-10-17)27(25,26)18-11-7-16(21)8-12-18/h5-12,14H,3-4,13H2,1-2H3,(H,22,24). The molecule has 146 valence electrons. The highest BCUT2D eigenvalue weighted by Crippen LogP contribution is 2.24. The van der Waals surface area contributed by atoms with E-state index in [1.54, 1.807) is 0 Å². The minimum atomic E-state index is -4.14. The molecule has 0 saturated heterocycles. The van der Waals surface area contributed by atoms with Crippen LogP contribution in [0.15, 0.2) is 53.4 Å². The summed E-state index contributed by atoms with van der Waals surface area (Å²) in [7, 11) is -4.14. The van der Waals surface area contributed by atoms with E-state index >= 15 is 0 Å². The Morgan fingerprint density at radius 2 is 1.56 bits per heavy atom. The van der Waals surface area contributed by atoms with Crippen molar-refractivity contribution in [1.82, 2.24) is 5.32 Å². The molecule has 0 saturated carbocycles. The van der Waals surface area contributed by atoms with E-state index in [-0.39, 0.29) is 16.6 Å². The van der Waals surface area contributed by atoms with E-state index in [2.05, 4.69) is 5.32 Å². The van der Waals surface area contributed by atoms with Crippen molar-refractivity contribution in [3.63, 3.8) is 0 Å². The predicted octanol–water partition coefficient (Wildman–Crippen LogP) is 3.46. The molecule has 0 bridgehead atoms. The lowest BCUT2D eigenvalue weighted by Crippen LogP contribution is -2.43. The molecule has 8 heteroatoms. The van der Waals surface area contributed by atoms with Crippen LogP contribution in [-0.4, -0.2) is 26.9 Å². The van der Waals surface area contributed by atoms with E-state index in [0.717, 1.165) is 53.5 Å². The molecule has 1 atom stereocenters. The number of halogens is 2. The van der Waals surface area contributed by atoms with Crippen LogP contribution in [0.1, 0.15) is 26.7 Å². The highest BCUT2D eigenvalue weighted by Gasteiger charge is 2.27. The van der Waals surface area contributed by atoms with Crippen molar-refractivity contribution in [2.45, 2.75) is 37.6 Å². The molecule has 2 aromatic carbocycles. The number of hydrogen-bond donors (Lipinski definition) is 1. The molecule has 0 aromatic heterocycles. The molecular formula is C19H22F2N2O3S. The molecule has 27 heavy (non-hydrogen) atoms. The first-order chi connectivity index (χ1) is 12.7. The number of rotatable bonds is 8. The number of amides is 1. The van der Waals surface area contributed by atoms with E-state index in [0.29, 0.717) is 0 Å². The molecule has 0 spiro atoms. The predicted molar refractivity (Wildman–Crippen MR) is 99.8 cm³/mol. The number of carbonyl (C=O) groups is 1. The minimum absolute atomic E-state index is 0.105. The van der Waals surface area contributed by atoms with Crippen molar-refractivity contribution in [2.75, 3.05) is 10.8 Å². The lowest BCUT2D eigenvalue weighted by Gasteiger charge is -2.25. The second-order valence-electron chi connectivity index (χ2n) is 6.20. The Kier molecular flexibility index (Phi) is 6.90. The first-order valence-corrected chi connectivity index (χ1v) is 10.0. The van der Waals surface area contributed by atoms with E-state index in [9.17, 15) is 22.0 Å². The second-order valence-corrected chi connectivity index (χ2v) is 8.06. The Morgan fingerprint density at radius 3 is 2.07 bits per heavy atom. The number of hydrogen-bond acceptors (Lipinski definition) is 3. The summed E-state index contributed by atoms with van der Waals surface area (Å²) in [5.74, 6) is -1.58. The van der Waals surface area contributed by atoms with Gasteiger partial charge >= 0.3 is 0 Å². The summed E-state index contributed by atoms with van der Waals surface area (Å²) in [5, 5.41) is 2.75. The first kappa shape index (κ1) is 20.8. The SMILES string of the molecule is CCCC(C)NC(=O)CN(c1ccc(F)cc1)S(=O)(=O)c1ccc(F)cc1. The van der Waals surface area contributed by atoms with Gasteiger partial charge in [-0.2, -0.15) is 0 Å². The third-order valence-corrected chi connectivity index (χ3v) is 5.72. The molecule has 0 aliphatic rings. The summed E-state index contributed by atoms with van der Waals surface area (Å²) in [6.07, 6.45) is 1.63. The lowest BCUT2D eigenvalue weighted by molar-refractivity contribution is -0.120. The van der Waals surface area contributed by atoms with Crippen molar-refractivity contribution < 1.29 is 22.0 Å². The number of sulfonamides is 1. The average Bonchev–Trinajstić information content (AvgIpc) is 2.61. The largest absolute Gasteiger partial charge is 0.352 e. The number of nitrogens with zero attached hydrogens (tertiary/aromatic N) is 1. The van der Waals surface area contributed by atoms with Crippen molar-refractivity contribution in [2.24, 2.45) is 0 Å². The minimum Gasteiger partial charge on any atom is -0.352 e. The van der Waals surface area contributed by atoms with Crippen LogP contribution in [0.4, 0.5) is 14.5 Å². The third kappa shape index (κ3) is 5.50. The molecule has 1 unspecified atom stereocenters. The highest BCUT2D eigenvalue weighted by atomic mass is 32.2. The van der Waals surface area contributed by atoms with Gasteiger partial charge < -0.3 is 5.32 Å². The first-order valence-electron chi connectivity index (χ1n) is 8.57. The van der Waals surface area contributed by atoms with Crippen LogP contribution in [0.3, 0.4) is 0 Å². The quantitative estimate of drug-likeness (QED) is 0.743. The normalized spacial score (nSPS) is 12.4. The van der Waals surface area contributed by atoms with Gasteiger partial charge in [-0.05, 0) is 61.9 Å². The van der Waals surface area contributed by atoms with E-state index in [1.807, 2.05) is 13.8 Å². The summed E-state index contributed by atoms with van der Waals surface area (Å²) in [6.45, 7) is 3.34. The molecule has 0 aliphatic carbocycles. The van der Waals surface area contributed by atoms with Gasteiger partial charge in [0, 0.05) is 6.04 Å². The van der Waals surface area contributed by atoms with Crippen molar-refractivity contribution in [3.05, 3.63) is 60.2 Å². The maximum atomic E-state index is 13.2. The fourth-order valence-corrected chi connectivity index (χ4v) is 4.03. The Hall–Kier alpha value is -2.48. The van der Waals surface area contributed by atoms with Gasteiger partial charge in [0.15, 0.2) is 0 Å². The zero-order valence-corrected chi connectivity index (χ0v) is 16.0. The summed E-state index contributed by atoms with van der Waals surface area (Å²) in [4.78, 5) is 12.2. The maximum absolute atomic E-state index is 13.2. The van der Waals surface area contributed by atoms with Crippen molar-refractivity contribution >= 4 is 21.6 Å². The van der Waals surface area contributed by atoms with E-state index in [4.69, 9.17) is 0 Å². The van der Waals surface area contributed by atoms with Crippen LogP contribution in [-0.2, 0) is 14.8 Å². The Labute approximate surface area is 158 Å². The average molecular weight is 396 g/mol.